The molecular formula is C25H18BrIN2O5. The van der Waals surface area contributed by atoms with Crippen LogP contribution in [0, 0.1) is 3.57 Å². The van der Waals surface area contributed by atoms with E-state index in [1.807, 2.05) is 24.3 Å². The van der Waals surface area contributed by atoms with Crippen LogP contribution in [0.25, 0.3) is 6.08 Å². The first-order valence-corrected chi connectivity index (χ1v) is 11.9. The molecule has 0 radical (unpaired) electrons. The Balaban J connectivity index is 1.59. The summed E-state index contributed by atoms with van der Waals surface area (Å²) in [7, 11) is 1.51. The number of anilines is 1. The number of carbonyl (C=O) groups is 3. The number of nitrogens with one attached hydrogen (secondary N) is 1. The fraction of sp³-hybridized carbons (Fsp3) is 0.0800. The lowest BCUT2D eigenvalue weighted by Crippen LogP contribution is -2.54. The highest BCUT2D eigenvalue weighted by Gasteiger charge is 2.36. The Kier molecular flexibility index (Phi) is 7.32. The highest BCUT2D eigenvalue weighted by atomic mass is 127. The average Bonchev–Trinajstić information content (AvgIpc) is 2.81. The monoisotopic (exact) mass is 632 g/mol. The smallest absolute Gasteiger partial charge is 0.335 e. The summed E-state index contributed by atoms with van der Waals surface area (Å²) < 4.78 is 13.2. The Hall–Kier alpha value is -3.18. The molecule has 0 saturated carbocycles. The van der Waals surface area contributed by atoms with Crippen LogP contribution >= 0.6 is 38.5 Å². The number of urea groups is 1. The van der Waals surface area contributed by atoms with Gasteiger partial charge in [-0.05, 0) is 82.3 Å². The summed E-state index contributed by atoms with van der Waals surface area (Å²) in [6.07, 6.45) is 1.42. The first-order chi connectivity index (χ1) is 16.4. The molecule has 0 bridgehead atoms. The SMILES string of the molecule is COc1cc(/C=C2\C(=O)NC(=O)N(c3cccc(Br)c3)C2=O)ccc1OCc1ccc(I)cc1. The third-order valence-electron chi connectivity index (χ3n) is 4.97. The molecular weight excluding hydrogens is 615 g/mol. The minimum Gasteiger partial charge on any atom is -0.493 e. The minimum absolute atomic E-state index is 0.172. The van der Waals surface area contributed by atoms with Crippen LogP contribution in [-0.4, -0.2) is 25.0 Å². The van der Waals surface area contributed by atoms with Gasteiger partial charge in [-0.15, -0.1) is 0 Å². The van der Waals surface area contributed by atoms with Crippen molar-refractivity contribution in [2.75, 3.05) is 12.0 Å². The number of hydrogen-bond acceptors (Lipinski definition) is 5. The molecule has 4 rings (SSSR count). The molecule has 1 N–H and O–H groups in total. The normalized spacial score (nSPS) is 14.9. The van der Waals surface area contributed by atoms with Crippen LogP contribution in [0.3, 0.4) is 0 Å². The van der Waals surface area contributed by atoms with Crippen molar-refractivity contribution in [2.24, 2.45) is 0 Å². The Morgan fingerprint density at radius 1 is 1.00 bits per heavy atom. The summed E-state index contributed by atoms with van der Waals surface area (Å²) >= 11 is 5.57. The second kappa shape index (κ2) is 10.4. The van der Waals surface area contributed by atoms with Gasteiger partial charge in [0.15, 0.2) is 11.5 Å². The summed E-state index contributed by atoms with van der Waals surface area (Å²) in [6.45, 7) is 0.359. The van der Waals surface area contributed by atoms with Gasteiger partial charge in [0.2, 0.25) is 0 Å². The fourth-order valence-electron chi connectivity index (χ4n) is 3.31. The number of nitrogens with zero attached hydrogens (tertiary/aromatic N) is 1. The molecule has 7 nitrogen and oxygen atoms in total. The molecule has 1 aliphatic rings. The number of methoxy groups -OCH3 is 1. The van der Waals surface area contributed by atoms with Crippen molar-refractivity contribution in [3.05, 3.63) is 91.5 Å². The van der Waals surface area contributed by atoms with Crippen molar-refractivity contribution < 1.29 is 23.9 Å². The number of halogens is 2. The fourth-order valence-corrected chi connectivity index (χ4v) is 4.06. The molecule has 3 aromatic rings. The molecule has 0 unspecified atom stereocenters. The molecule has 1 fully saturated rings. The second-order valence-electron chi connectivity index (χ2n) is 7.26. The van der Waals surface area contributed by atoms with E-state index in [2.05, 4.69) is 43.8 Å². The average molecular weight is 633 g/mol. The van der Waals surface area contributed by atoms with E-state index >= 15 is 0 Å². The maximum atomic E-state index is 13.1. The van der Waals surface area contributed by atoms with E-state index in [0.29, 0.717) is 33.8 Å². The van der Waals surface area contributed by atoms with Crippen LogP contribution in [0.1, 0.15) is 11.1 Å². The third kappa shape index (κ3) is 5.31. The molecule has 4 amide bonds. The lowest BCUT2D eigenvalue weighted by atomic mass is 10.1. The Bertz CT molecular complexity index is 1310. The number of hydrogen-bond donors (Lipinski definition) is 1. The summed E-state index contributed by atoms with van der Waals surface area (Å²) in [4.78, 5) is 38.8. The van der Waals surface area contributed by atoms with Gasteiger partial charge in [-0.1, -0.05) is 40.2 Å². The Morgan fingerprint density at radius 3 is 2.47 bits per heavy atom. The predicted octanol–water partition coefficient (Wildman–Crippen LogP) is 5.31. The topological polar surface area (TPSA) is 84.9 Å². The maximum Gasteiger partial charge on any atom is 0.335 e. The number of benzene rings is 3. The van der Waals surface area contributed by atoms with Gasteiger partial charge in [-0.25, -0.2) is 9.69 Å². The molecule has 34 heavy (non-hydrogen) atoms. The standard InChI is InChI=1S/C25H18BrIN2O5/c1-33-22-12-16(7-10-21(22)34-14-15-5-8-18(27)9-6-15)11-20-23(30)28-25(32)29(24(20)31)19-4-2-3-17(26)13-19/h2-13H,14H2,1H3,(H,28,30,32)/b20-11+. The van der Waals surface area contributed by atoms with Crippen LogP contribution in [0.15, 0.2) is 76.8 Å². The van der Waals surface area contributed by atoms with Crippen molar-refractivity contribution in [3.8, 4) is 11.5 Å². The van der Waals surface area contributed by atoms with Gasteiger partial charge in [0.1, 0.15) is 12.2 Å². The number of imide groups is 2. The lowest BCUT2D eigenvalue weighted by Gasteiger charge is -2.26. The molecule has 1 heterocycles. The summed E-state index contributed by atoms with van der Waals surface area (Å²) in [6, 6.07) is 18.9. The predicted molar refractivity (Wildman–Crippen MR) is 140 cm³/mol. The van der Waals surface area contributed by atoms with Gasteiger partial charge in [0.25, 0.3) is 11.8 Å². The number of amides is 4. The van der Waals surface area contributed by atoms with E-state index in [1.54, 1.807) is 42.5 Å². The number of barbiturate groups is 1. The first kappa shape index (κ1) is 24.0. The summed E-state index contributed by atoms with van der Waals surface area (Å²) in [5.41, 5.74) is 1.72. The van der Waals surface area contributed by atoms with Gasteiger partial charge in [0.05, 0.1) is 12.8 Å². The molecule has 172 valence electrons. The van der Waals surface area contributed by atoms with E-state index in [-0.39, 0.29) is 5.57 Å². The third-order valence-corrected chi connectivity index (χ3v) is 6.19. The van der Waals surface area contributed by atoms with E-state index in [4.69, 9.17) is 9.47 Å². The van der Waals surface area contributed by atoms with Gasteiger partial charge in [0, 0.05) is 8.04 Å². The van der Waals surface area contributed by atoms with Gasteiger partial charge in [-0.2, -0.15) is 0 Å². The highest BCUT2D eigenvalue weighted by Crippen LogP contribution is 2.31. The van der Waals surface area contributed by atoms with Crippen LogP contribution in [0.2, 0.25) is 0 Å². The van der Waals surface area contributed by atoms with E-state index < -0.39 is 17.8 Å². The van der Waals surface area contributed by atoms with Gasteiger partial charge < -0.3 is 9.47 Å². The number of ether oxygens (including phenoxy) is 2. The zero-order chi connectivity index (χ0) is 24.2. The second-order valence-corrected chi connectivity index (χ2v) is 9.42. The van der Waals surface area contributed by atoms with E-state index in [9.17, 15) is 14.4 Å². The Labute approximate surface area is 218 Å². The molecule has 1 saturated heterocycles. The molecule has 0 spiro atoms. The minimum atomic E-state index is -0.804. The molecule has 3 aromatic carbocycles. The highest BCUT2D eigenvalue weighted by molar-refractivity contribution is 14.1. The van der Waals surface area contributed by atoms with Crippen molar-refractivity contribution in [1.82, 2.24) is 5.32 Å². The Morgan fingerprint density at radius 2 is 1.76 bits per heavy atom. The molecule has 9 heteroatoms. The van der Waals surface area contributed by atoms with Crippen molar-refractivity contribution in [1.29, 1.82) is 0 Å². The lowest BCUT2D eigenvalue weighted by molar-refractivity contribution is -0.122. The van der Waals surface area contributed by atoms with Gasteiger partial charge in [-0.3, -0.25) is 14.9 Å². The van der Waals surface area contributed by atoms with Crippen molar-refractivity contribution >= 4 is 68.1 Å². The number of rotatable bonds is 6. The maximum absolute atomic E-state index is 13.1. The summed E-state index contributed by atoms with van der Waals surface area (Å²) in [5.74, 6) is -0.513. The van der Waals surface area contributed by atoms with Crippen LogP contribution < -0.4 is 19.7 Å². The van der Waals surface area contributed by atoms with Crippen LogP contribution in [-0.2, 0) is 16.2 Å². The number of carbonyl (C=O) groups excluding carboxylic acids is 3. The van der Waals surface area contributed by atoms with Crippen LogP contribution in [0.4, 0.5) is 10.5 Å². The zero-order valence-electron chi connectivity index (χ0n) is 17.9. The van der Waals surface area contributed by atoms with E-state index in [1.165, 1.54) is 13.2 Å². The van der Waals surface area contributed by atoms with E-state index in [0.717, 1.165) is 14.0 Å². The van der Waals surface area contributed by atoms with Crippen LogP contribution in [0.5, 0.6) is 11.5 Å². The quantitative estimate of drug-likeness (QED) is 0.226. The molecule has 0 atom stereocenters. The van der Waals surface area contributed by atoms with Crippen molar-refractivity contribution in [2.45, 2.75) is 6.61 Å². The largest absolute Gasteiger partial charge is 0.493 e. The van der Waals surface area contributed by atoms with Gasteiger partial charge >= 0.3 is 6.03 Å². The van der Waals surface area contributed by atoms with Crippen molar-refractivity contribution in [3.63, 3.8) is 0 Å². The summed E-state index contributed by atoms with van der Waals surface area (Å²) in [5, 5.41) is 2.22. The molecule has 0 aliphatic carbocycles. The zero-order valence-corrected chi connectivity index (χ0v) is 21.6. The molecule has 0 aromatic heterocycles. The molecule has 1 aliphatic heterocycles. The first-order valence-electron chi connectivity index (χ1n) is 10.1.